The predicted octanol–water partition coefficient (Wildman–Crippen LogP) is 4.17. The molecule has 2 rings (SSSR count). The lowest BCUT2D eigenvalue weighted by atomic mass is 10.0. The summed E-state index contributed by atoms with van der Waals surface area (Å²) >= 11 is 0. The highest BCUT2D eigenvalue weighted by Gasteiger charge is 2.13. The van der Waals surface area contributed by atoms with Gasteiger partial charge in [-0.05, 0) is 48.1 Å². The summed E-state index contributed by atoms with van der Waals surface area (Å²) in [4.78, 5) is 24.2. The maximum Gasteiger partial charge on any atom is 0.338 e. The number of carbonyl (C=O) groups is 2. The number of benzene rings is 2. The van der Waals surface area contributed by atoms with Crippen LogP contribution in [0.1, 0.15) is 47.8 Å². The van der Waals surface area contributed by atoms with E-state index in [9.17, 15) is 9.59 Å². The molecule has 1 amide bonds. The van der Waals surface area contributed by atoms with E-state index in [1.807, 2.05) is 44.2 Å². The lowest BCUT2D eigenvalue weighted by molar-refractivity contribution is -0.119. The van der Waals surface area contributed by atoms with Crippen LogP contribution in [0.2, 0.25) is 0 Å². The minimum Gasteiger partial charge on any atom is -0.452 e. The topological polar surface area (TPSA) is 55.4 Å². The van der Waals surface area contributed by atoms with Crippen molar-refractivity contribution >= 4 is 17.6 Å². The van der Waals surface area contributed by atoms with Crippen LogP contribution in [0.3, 0.4) is 0 Å². The molecule has 0 bridgehead atoms. The molecule has 2 aromatic carbocycles. The normalized spacial score (nSPS) is 10.4. The van der Waals surface area contributed by atoms with E-state index < -0.39 is 5.97 Å². The van der Waals surface area contributed by atoms with Crippen LogP contribution in [0.4, 0.5) is 5.69 Å². The Labute approximate surface area is 149 Å². The molecule has 0 aliphatic carbocycles. The third kappa shape index (κ3) is 4.92. The van der Waals surface area contributed by atoms with E-state index in [4.69, 9.17) is 4.74 Å². The van der Waals surface area contributed by atoms with Gasteiger partial charge < -0.3 is 10.1 Å². The molecule has 132 valence electrons. The molecule has 0 heterocycles. The summed E-state index contributed by atoms with van der Waals surface area (Å²) in [6.07, 6.45) is 2.56. The van der Waals surface area contributed by atoms with Crippen molar-refractivity contribution in [2.24, 2.45) is 0 Å². The van der Waals surface area contributed by atoms with E-state index in [0.717, 1.165) is 41.6 Å². The molecule has 0 saturated heterocycles. The van der Waals surface area contributed by atoms with E-state index in [1.165, 1.54) is 0 Å². The summed E-state index contributed by atoms with van der Waals surface area (Å²) in [5, 5.41) is 2.89. The Morgan fingerprint density at radius 1 is 0.880 bits per heavy atom. The Hall–Kier alpha value is -2.62. The van der Waals surface area contributed by atoms with Crippen molar-refractivity contribution in [3.8, 4) is 0 Å². The van der Waals surface area contributed by atoms with Gasteiger partial charge in [0.25, 0.3) is 5.91 Å². The highest BCUT2D eigenvalue weighted by Crippen LogP contribution is 2.22. The third-order valence-electron chi connectivity index (χ3n) is 4.20. The Balaban J connectivity index is 1.97. The van der Waals surface area contributed by atoms with Crippen LogP contribution in [-0.4, -0.2) is 18.5 Å². The summed E-state index contributed by atoms with van der Waals surface area (Å²) in [5.41, 5.74) is 4.59. The number of carbonyl (C=O) groups excluding carboxylic acids is 2. The second-order valence-corrected chi connectivity index (χ2v) is 5.83. The first-order chi connectivity index (χ1) is 12.1. The monoisotopic (exact) mass is 339 g/mol. The summed E-state index contributed by atoms with van der Waals surface area (Å²) in [6, 6.07) is 13.2. The zero-order chi connectivity index (χ0) is 18.2. The van der Waals surface area contributed by atoms with E-state index >= 15 is 0 Å². The molecule has 0 radical (unpaired) electrons. The number of rotatable bonds is 7. The maximum atomic E-state index is 12.2. The second kappa shape index (κ2) is 9.02. The Morgan fingerprint density at radius 3 is 2.00 bits per heavy atom. The zero-order valence-electron chi connectivity index (χ0n) is 15.1. The van der Waals surface area contributed by atoms with Gasteiger partial charge in [0.2, 0.25) is 0 Å². The predicted molar refractivity (Wildman–Crippen MR) is 99.9 cm³/mol. The van der Waals surface area contributed by atoms with Gasteiger partial charge in [-0.15, -0.1) is 0 Å². The number of amides is 1. The quantitative estimate of drug-likeness (QED) is 0.770. The average molecular weight is 339 g/mol. The third-order valence-corrected chi connectivity index (χ3v) is 4.20. The number of para-hydroxylation sites is 1. The lowest BCUT2D eigenvalue weighted by Gasteiger charge is -2.14. The molecule has 4 nitrogen and oxygen atoms in total. The van der Waals surface area contributed by atoms with Crippen LogP contribution in [0.15, 0.2) is 42.5 Å². The molecule has 25 heavy (non-hydrogen) atoms. The van der Waals surface area contributed by atoms with Gasteiger partial charge in [0.15, 0.2) is 6.61 Å². The number of anilines is 1. The van der Waals surface area contributed by atoms with Gasteiger partial charge in [-0.2, -0.15) is 0 Å². The summed E-state index contributed by atoms with van der Waals surface area (Å²) in [7, 11) is 0. The molecule has 0 aliphatic heterocycles. The number of nitrogens with one attached hydrogen (secondary N) is 1. The van der Waals surface area contributed by atoms with E-state index in [2.05, 4.69) is 12.2 Å². The number of esters is 1. The summed E-state index contributed by atoms with van der Waals surface area (Å²) in [5.74, 6) is -0.813. The standard InChI is InChI=1S/C21H25NO3/c1-4-15-10-12-18(13-11-15)21(24)25-14-19(23)22-20-16(5-2)8-7-9-17(20)6-3/h7-13H,4-6,14H2,1-3H3,(H,22,23). The van der Waals surface area contributed by atoms with Crippen LogP contribution in [0.25, 0.3) is 0 Å². The summed E-state index contributed by atoms with van der Waals surface area (Å²) < 4.78 is 5.13. The van der Waals surface area contributed by atoms with Crippen LogP contribution in [-0.2, 0) is 28.8 Å². The van der Waals surface area contributed by atoms with Gasteiger partial charge in [0, 0.05) is 5.69 Å². The van der Waals surface area contributed by atoms with E-state index in [0.29, 0.717) is 5.56 Å². The van der Waals surface area contributed by atoms with Crippen molar-refractivity contribution < 1.29 is 14.3 Å². The Kier molecular flexibility index (Phi) is 6.75. The van der Waals surface area contributed by atoms with Gasteiger partial charge in [0.05, 0.1) is 5.56 Å². The molecule has 0 fully saturated rings. The van der Waals surface area contributed by atoms with Gasteiger partial charge in [-0.3, -0.25) is 4.79 Å². The number of aryl methyl sites for hydroxylation is 3. The molecular weight excluding hydrogens is 314 g/mol. The molecule has 2 aromatic rings. The molecular formula is C21H25NO3. The van der Waals surface area contributed by atoms with E-state index in [1.54, 1.807) is 12.1 Å². The SMILES string of the molecule is CCc1ccc(C(=O)OCC(=O)Nc2c(CC)cccc2CC)cc1. The van der Waals surface area contributed by atoms with Crippen molar-refractivity contribution in [2.75, 3.05) is 11.9 Å². The van der Waals surface area contributed by atoms with Crippen LogP contribution in [0.5, 0.6) is 0 Å². The molecule has 0 unspecified atom stereocenters. The van der Waals surface area contributed by atoms with Gasteiger partial charge >= 0.3 is 5.97 Å². The highest BCUT2D eigenvalue weighted by molar-refractivity contribution is 5.96. The largest absolute Gasteiger partial charge is 0.452 e. The van der Waals surface area contributed by atoms with E-state index in [-0.39, 0.29) is 12.5 Å². The first-order valence-electron chi connectivity index (χ1n) is 8.75. The molecule has 0 aromatic heterocycles. The Bertz CT molecular complexity index is 713. The average Bonchev–Trinajstić information content (AvgIpc) is 2.66. The lowest BCUT2D eigenvalue weighted by Crippen LogP contribution is -2.22. The first-order valence-corrected chi connectivity index (χ1v) is 8.75. The van der Waals surface area contributed by atoms with Crippen LogP contribution < -0.4 is 5.32 Å². The van der Waals surface area contributed by atoms with Crippen molar-refractivity contribution in [1.29, 1.82) is 0 Å². The summed E-state index contributed by atoms with van der Waals surface area (Å²) in [6.45, 7) is 5.85. The highest BCUT2D eigenvalue weighted by atomic mass is 16.5. The number of ether oxygens (including phenoxy) is 1. The molecule has 0 aliphatic rings. The van der Waals surface area contributed by atoms with Crippen molar-refractivity contribution in [1.82, 2.24) is 0 Å². The van der Waals surface area contributed by atoms with Gasteiger partial charge in [-0.25, -0.2) is 4.79 Å². The smallest absolute Gasteiger partial charge is 0.338 e. The molecule has 0 saturated carbocycles. The second-order valence-electron chi connectivity index (χ2n) is 5.83. The number of hydrogen-bond donors (Lipinski definition) is 1. The fraction of sp³-hybridized carbons (Fsp3) is 0.333. The van der Waals surface area contributed by atoms with Crippen molar-refractivity contribution in [3.05, 3.63) is 64.7 Å². The van der Waals surface area contributed by atoms with Gasteiger partial charge in [0.1, 0.15) is 0 Å². The first kappa shape index (κ1) is 18.7. The van der Waals surface area contributed by atoms with Crippen LogP contribution >= 0.6 is 0 Å². The van der Waals surface area contributed by atoms with Crippen molar-refractivity contribution in [2.45, 2.75) is 40.0 Å². The minimum atomic E-state index is -0.489. The molecule has 0 atom stereocenters. The fourth-order valence-corrected chi connectivity index (χ4v) is 2.67. The van der Waals surface area contributed by atoms with Gasteiger partial charge in [-0.1, -0.05) is 51.1 Å². The Morgan fingerprint density at radius 2 is 1.48 bits per heavy atom. The number of hydrogen-bond acceptors (Lipinski definition) is 3. The molecule has 4 heteroatoms. The van der Waals surface area contributed by atoms with Crippen LogP contribution in [0, 0.1) is 0 Å². The molecule has 1 N–H and O–H groups in total. The van der Waals surface area contributed by atoms with Crippen molar-refractivity contribution in [3.63, 3.8) is 0 Å². The fourth-order valence-electron chi connectivity index (χ4n) is 2.67. The molecule has 0 spiro atoms. The minimum absolute atomic E-state index is 0.296. The maximum absolute atomic E-state index is 12.2. The zero-order valence-corrected chi connectivity index (χ0v) is 15.1.